The summed E-state index contributed by atoms with van der Waals surface area (Å²) in [6.07, 6.45) is 0. The molecule has 2 aromatic rings. The number of hydrogen-bond donors (Lipinski definition) is 2. The van der Waals surface area contributed by atoms with Crippen molar-refractivity contribution in [2.45, 2.75) is 13.5 Å². The van der Waals surface area contributed by atoms with Gasteiger partial charge in [0.25, 0.3) is 0 Å². The Kier molecular flexibility index (Phi) is 4.21. The van der Waals surface area contributed by atoms with Crippen LogP contribution in [-0.4, -0.2) is 11.1 Å². The van der Waals surface area contributed by atoms with Crippen molar-refractivity contribution in [2.24, 2.45) is 0 Å². The van der Waals surface area contributed by atoms with Crippen molar-refractivity contribution in [1.82, 2.24) is 0 Å². The first-order valence-electron chi connectivity index (χ1n) is 5.49. The highest BCUT2D eigenvalue weighted by molar-refractivity contribution is 9.10. The first-order valence-corrected chi connectivity index (χ1v) is 7.10. The summed E-state index contributed by atoms with van der Waals surface area (Å²) in [5.74, 6) is -1.29. The molecule has 0 saturated carbocycles. The number of benzene rings is 1. The Morgan fingerprint density at radius 3 is 2.84 bits per heavy atom. The lowest BCUT2D eigenvalue weighted by Gasteiger charge is -2.09. The van der Waals surface area contributed by atoms with Crippen LogP contribution in [0.15, 0.2) is 28.7 Å². The lowest BCUT2D eigenvalue weighted by molar-refractivity contribution is 0.0702. The molecule has 0 bridgehead atoms. The molecule has 0 spiro atoms. The fourth-order valence-corrected chi connectivity index (χ4v) is 3.01. The third kappa shape index (κ3) is 3.13. The van der Waals surface area contributed by atoms with Crippen molar-refractivity contribution in [2.75, 3.05) is 5.32 Å². The lowest BCUT2D eigenvalue weighted by atomic mass is 10.2. The van der Waals surface area contributed by atoms with Gasteiger partial charge in [-0.25, -0.2) is 9.18 Å². The summed E-state index contributed by atoms with van der Waals surface area (Å²) < 4.78 is 14.2. The molecule has 0 saturated heterocycles. The van der Waals surface area contributed by atoms with E-state index in [1.807, 2.05) is 6.92 Å². The summed E-state index contributed by atoms with van der Waals surface area (Å²) in [7, 11) is 0. The van der Waals surface area contributed by atoms with Crippen molar-refractivity contribution >= 4 is 38.9 Å². The number of carboxylic acid groups (broad SMARTS) is 1. The average molecular weight is 344 g/mol. The Hall–Kier alpha value is -1.40. The van der Waals surface area contributed by atoms with Crippen LogP contribution in [-0.2, 0) is 6.54 Å². The van der Waals surface area contributed by atoms with E-state index in [0.717, 1.165) is 10.4 Å². The number of rotatable bonds is 4. The molecule has 3 nitrogen and oxygen atoms in total. The van der Waals surface area contributed by atoms with Gasteiger partial charge in [0.15, 0.2) is 0 Å². The molecule has 2 rings (SSSR count). The Bertz CT molecular complexity index is 607. The summed E-state index contributed by atoms with van der Waals surface area (Å²) in [5, 5.41) is 11.9. The summed E-state index contributed by atoms with van der Waals surface area (Å²) in [6.45, 7) is 2.24. The number of nitrogens with one attached hydrogen (secondary N) is 1. The zero-order valence-electron chi connectivity index (χ0n) is 10.0. The highest BCUT2D eigenvalue weighted by Gasteiger charge is 2.12. The van der Waals surface area contributed by atoms with E-state index in [2.05, 4.69) is 21.2 Å². The quantitative estimate of drug-likeness (QED) is 0.871. The fourth-order valence-electron chi connectivity index (χ4n) is 1.65. The van der Waals surface area contributed by atoms with Crippen LogP contribution < -0.4 is 5.32 Å². The normalized spacial score (nSPS) is 10.5. The van der Waals surface area contributed by atoms with Gasteiger partial charge in [0.1, 0.15) is 10.7 Å². The van der Waals surface area contributed by atoms with E-state index in [1.54, 1.807) is 18.2 Å². The number of halogens is 2. The van der Waals surface area contributed by atoms with Crippen LogP contribution in [0.2, 0.25) is 0 Å². The Morgan fingerprint density at radius 2 is 2.26 bits per heavy atom. The number of carbonyl (C=O) groups is 1. The summed E-state index contributed by atoms with van der Waals surface area (Å²) in [4.78, 5) is 12.1. The SMILES string of the molecule is Cc1sc(C(=O)O)cc1CNc1c(F)cccc1Br. The van der Waals surface area contributed by atoms with Gasteiger partial charge in [-0.2, -0.15) is 0 Å². The Morgan fingerprint density at radius 1 is 1.53 bits per heavy atom. The Balaban J connectivity index is 2.17. The monoisotopic (exact) mass is 343 g/mol. The van der Waals surface area contributed by atoms with Crippen LogP contribution in [0.1, 0.15) is 20.1 Å². The van der Waals surface area contributed by atoms with E-state index < -0.39 is 5.97 Å². The second-order valence-electron chi connectivity index (χ2n) is 3.95. The number of anilines is 1. The maximum atomic E-state index is 13.6. The fraction of sp³-hybridized carbons (Fsp3) is 0.154. The Labute approximate surface area is 122 Å². The van der Waals surface area contributed by atoms with Crippen LogP contribution in [0, 0.1) is 12.7 Å². The lowest BCUT2D eigenvalue weighted by Crippen LogP contribution is -2.02. The molecule has 0 aliphatic rings. The average Bonchev–Trinajstić information content (AvgIpc) is 2.70. The molecule has 1 heterocycles. The van der Waals surface area contributed by atoms with Gasteiger partial charge in [0.2, 0.25) is 0 Å². The number of carboxylic acids is 1. The maximum Gasteiger partial charge on any atom is 0.345 e. The molecule has 0 fully saturated rings. The van der Waals surface area contributed by atoms with Crippen LogP contribution >= 0.6 is 27.3 Å². The minimum Gasteiger partial charge on any atom is -0.477 e. The van der Waals surface area contributed by atoms with Crippen molar-refractivity contribution in [3.8, 4) is 0 Å². The molecular weight excluding hydrogens is 333 g/mol. The molecule has 1 aromatic heterocycles. The molecule has 0 radical (unpaired) electrons. The number of thiophene rings is 1. The molecule has 0 unspecified atom stereocenters. The van der Waals surface area contributed by atoms with Gasteiger partial charge in [0, 0.05) is 15.9 Å². The molecule has 2 N–H and O–H groups in total. The van der Waals surface area contributed by atoms with Gasteiger partial charge in [-0.15, -0.1) is 11.3 Å². The molecule has 100 valence electrons. The number of aryl methyl sites for hydroxylation is 1. The van der Waals surface area contributed by atoms with Gasteiger partial charge in [-0.05, 0) is 46.6 Å². The van der Waals surface area contributed by atoms with Crippen LogP contribution in [0.3, 0.4) is 0 Å². The number of para-hydroxylation sites is 1. The summed E-state index contributed by atoms with van der Waals surface area (Å²) in [5.41, 5.74) is 1.24. The summed E-state index contributed by atoms with van der Waals surface area (Å²) in [6, 6.07) is 6.35. The zero-order valence-corrected chi connectivity index (χ0v) is 12.4. The number of hydrogen-bond acceptors (Lipinski definition) is 3. The molecule has 19 heavy (non-hydrogen) atoms. The first kappa shape index (κ1) is 14.0. The number of aromatic carboxylic acids is 1. The van der Waals surface area contributed by atoms with Gasteiger partial charge >= 0.3 is 5.97 Å². The predicted molar refractivity (Wildman–Crippen MR) is 77.4 cm³/mol. The van der Waals surface area contributed by atoms with E-state index in [9.17, 15) is 9.18 Å². The van der Waals surface area contributed by atoms with Crippen LogP contribution in [0.5, 0.6) is 0 Å². The van der Waals surface area contributed by atoms with Gasteiger partial charge in [0.05, 0.1) is 5.69 Å². The molecule has 0 aliphatic heterocycles. The molecule has 0 amide bonds. The van der Waals surface area contributed by atoms with E-state index in [1.165, 1.54) is 17.4 Å². The van der Waals surface area contributed by atoms with E-state index >= 15 is 0 Å². The molecule has 6 heteroatoms. The summed E-state index contributed by atoms with van der Waals surface area (Å²) >= 11 is 4.49. The zero-order chi connectivity index (χ0) is 14.0. The highest BCUT2D eigenvalue weighted by atomic mass is 79.9. The standard InChI is InChI=1S/C13H11BrFNO2S/c1-7-8(5-11(19-7)13(17)18)6-16-12-9(14)3-2-4-10(12)15/h2-5,16H,6H2,1H3,(H,17,18). The molecular formula is C13H11BrFNO2S. The first-order chi connectivity index (χ1) is 8.99. The van der Waals surface area contributed by atoms with E-state index in [4.69, 9.17) is 5.11 Å². The van der Waals surface area contributed by atoms with Crippen LogP contribution in [0.4, 0.5) is 10.1 Å². The van der Waals surface area contributed by atoms with Gasteiger partial charge in [-0.1, -0.05) is 6.07 Å². The minimum absolute atomic E-state index is 0.293. The van der Waals surface area contributed by atoms with Crippen molar-refractivity contribution in [1.29, 1.82) is 0 Å². The van der Waals surface area contributed by atoms with E-state index in [0.29, 0.717) is 21.6 Å². The molecule has 0 aliphatic carbocycles. The topological polar surface area (TPSA) is 49.3 Å². The van der Waals surface area contributed by atoms with Crippen molar-refractivity contribution in [3.05, 3.63) is 49.9 Å². The molecule has 0 atom stereocenters. The minimum atomic E-state index is -0.938. The second kappa shape index (κ2) is 5.71. The second-order valence-corrected chi connectivity index (χ2v) is 6.06. The van der Waals surface area contributed by atoms with E-state index in [-0.39, 0.29) is 5.82 Å². The molecule has 1 aromatic carbocycles. The van der Waals surface area contributed by atoms with Gasteiger partial charge in [-0.3, -0.25) is 0 Å². The van der Waals surface area contributed by atoms with Crippen molar-refractivity contribution < 1.29 is 14.3 Å². The van der Waals surface area contributed by atoms with Crippen molar-refractivity contribution in [3.63, 3.8) is 0 Å². The third-order valence-corrected chi connectivity index (χ3v) is 4.39. The van der Waals surface area contributed by atoms with Gasteiger partial charge < -0.3 is 10.4 Å². The predicted octanol–water partition coefficient (Wildman–Crippen LogP) is 4.27. The third-order valence-electron chi connectivity index (χ3n) is 2.65. The smallest absolute Gasteiger partial charge is 0.345 e. The largest absolute Gasteiger partial charge is 0.477 e. The maximum absolute atomic E-state index is 13.6. The highest BCUT2D eigenvalue weighted by Crippen LogP contribution is 2.27. The van der Waals surface area contributed by atoms with Crippen LogP contribution in [0.25, 0.3) is 0 Å².